The van der Waals surface area contributed by atoms with Gasteiger partial charge < -0.3 is 14.4 Å². The van der Waals surface area contributed by atoms with Crippen LogP contribution in [0.2, 0.25) is 5.02 Å². The number of halogens is 2. The Morgan fingerprint density at radius 1 is 1.12 bits per heavy atom. The molecule has 0 aromatic heterocycles. The number of benzene rings is 2. The standard InChI is InChI=1S/C18H17ClFNO3/c19-14-3-7-16(8-4-14)24-12-18(22)21-9-17(10-21)23-11-13-1-5-15(20)6-2-13/h1-8,17H,9-12H2. The summed E-state index contributed by atoms with van der Waals surface area (Å²) in [5.74, 6) is 0.267. The number of nitrogens with zero attached hydrogens (tertiary/aromatic N) is 1. The molecular formula is C18H17ClFNO3. The smallest absolute Gasteiger partial charge is 0.260 e. The summed E-state index contributed by atoms with van der Waals surface area (Å²) < 4.78 is 23.9. The first kappa shape index (κ1) is 16.7. The second-order valence-corrected chi connectivity index (χ2v) is 6.04. The van der Waals surface area contributed by atoms with Crippen LogP contribution in [0, 0.1) is 5.82 Å². The predicted molar refractivity (Wildman–Crippen MR) is 88.5 cm³/mol. The number of carbonyl (C=O) groups is 1. The molecule has 126 valence electrons. The number of hydrogen-bond donors (Lipinski definition) is 0. The molecular weight excluding hydrogens is 333 g/mol. The molecule has 24 heavy (non-hydrogen) atoms. The maximum atomic E-state index is 12.8. The summed E-state index contributed by atoms with van der Waals surface area (Å²) in [7, 11) is 0. The second kappa shape index (κ2) is 7.64. The average molecular weight is 350 g/mol. The van der Waals surface area contributed by atoms with Gasteiger partial charge in [0.15, 0.2) is 6.61 Å². The molecule has 3 rings (SSSR count). The normalized spacial score (nSPS) is 14.3. The van der Waals surface area contributed by atoms with E-state index in [9.17, 15) is 9.18 Å². The Balaban J connectivity index is 1.35. The summed E-state index contributed by atoms with van der Waals surface area (Å²) >= 11 is 5.79. The topological polar surface area (TPSA) is 38.8 Å². The van der Waals surface area contributed by atoms with Gasteiger partial charge in [-0.05, 0) is 42.0 Å². The molecule has 0 unspecified atom stereocenters. The van der Waals surface area contributed by atoms with Crippen molar-refractivity contribution in [1.82, 2.24) is 4.90 Å². The highest BCUT2D eigenvalue weighted by atomic mass is 35.5. The lowest BCUT2D eigenvalue weighted by Crippen LogP contribution is -2.55. The highest BCUT2D eigenvalue weighted by Gasteiger charge is 2.31. The van der Waals surface area contributed by atoms with E-state index in [0.717, 1.165) is 5.56 Å². The minimum atomic E-state index is -0.264. The fourth-order valence-electron chi connectivity index (χ4n) is 2.31. The van der Waals surface area contributed by atoms with E-state index in [4.69, 9.17) is 21.1 Å². The lowest BCUT2D eigenvalue weighted by molar-refractivity contribution is -0.148. The predicted octanol–water partition coefficient (Wildman–Crippen LogP) is 3.29. The third-order valence-corrected chi connectivity index (χ3v) is 4.03. The zero-order chi connectivity index (χ0) is 16.9. The number of hydrogen-bond acceptors (Lipinski definition) is 3. The van der Waals surface area contributed by atoms with Gasteiger partial charge >= 0.3 is 0 Å². The Bertz CT molecular complexity index is 684. The number of rotatable bonds is 6. The SMILES string of the molecule is O=C(COc1ccc(Cl)cc1)N1CC(OCc2ccc(F)cc2)C1. The van der Waals surface area contributed by atoms with E-state index in [1.165, 1.54) is 12.1 Å². The van der Waals surface area contributed by atoms with E-state index in [0.29, 0.717) is 30.5 Å². The Kier molecular flexibility index (Phi) is 5.33. The number of likely N-dealkylation sites (tertiary alicyclic amines) is 1. The Morgan fingerprint density at radius 3 is 2.46 bits per heavy atom. The molecule has 2 aromatic rings. The van der Waals surface area contributed by atoms with Crippen LogP contribution in [0.5, 0.6) is 5.75 Å². The summed E-state index contributed by atoms with van der Waals surface area (Å²) in [5, 5.41) is 0.623. The summed E-state index contributed by atoms with van der Waals surface area (Å²) in [6, 6.07) is 13.1. The molecule has 0 radical (unpaired) electrons. The molecule has 0 N–H and O–H groups in total. The molecule has 1 fully saturated rings. The van der Waals surface area contributed by atoms with Gasteiger partial charge in [0, 0.05) is 18.1 Å². The van der Waals surface area contributed by atoms with Crippen molar-refractivity contribution in [1.29, 1.82) is 0 Å². The third-order valence-electron chi connectivity index (χ3n) is 3.78. The summed E-state index contributed by atoms with van der Waals surface area (Å²) in [4.78, 5) is 13.7. The van der Waals surface area contributed by atoms with Crippen molar-refractivity contribution < 1.29 is 18.7 Å². The first-order chi connectivity index (χ1) is 11.6. The summed E-state index contributed by atoms with van der Waals surface area (Å²) in [5.41, 5.74) is 0.909. The zero-order valence-electron chi connectivity index (χ0n) is 13.0. The summed E-state index contributed by atoms with van der Waals surface area (Å²) in [6.45, 7) is 1.49. The van der Waals surface area contributed by atoms with Crippen LogP contribution in [-0.4, -0.2) is 36.6 Å². The molecule has 0 atom stereocenters. The largest absolute Gasteiger partial charge is 0.484 e. The molecule has 4 nitrogen and oxygen atoms in total. The highest BCUT2D eigenvalue weighted by molar-refractivity contribution is 6.30. The molecule has 0 aliphatic carbocycles. The van der Waals surface area contributed by atoms with Crippen molar-refractivity contribution in [3.8, 4) is 5.75 Å². The molecule has 1 saturated heterocycles. The van der Waals surface area contributed by atoms with E-state index in [2.05, 4.69) is 0 Å². The van der Waals surface area contributed by atoms with Crippen LogP contribution in [0.4, 0.5) is 4.39 Å². The van der Waals surface area contributed by atoms with Crippen molar-refractivity contribution in [3.05, 3.63) is 64.9 Å². The first-order valence-electron chi connectivity index (χ1n) is 7.62. The van der Waals surface area contributed by atoms with Crippen molar-refractivity contribution >= 4 is 17.5 Å². The van der Waals surface area contributed by atoms with Crippen LogP contribution in [0.15, 0.2) is 48.5 Å². The van der Waals surface area contributed by atoms with E-state index in [1.54, 1.807) is 41.3 Å². The van der Waals surface area contributed by atoms with Gasteiger partial charge in [-0.15, -0.1) is 0 Å². The van der Waals surface area contributed by atoms with Crippen LogP contribution in [-0.2, 0) is 16.1 Å². The van der Waals surface area contributed by atoms with E-state index < -0.39 is 0 Å². The van der Waals surface area contributed by atoms with Gasteiger partial charge in [-0.2, -0.15) is 0 Å². The quantitative estimate of drug-likeness (QED) is 0.803. The van der Waals surface area contributed by atoms with Crippen LogP contribution >= 0.6 is 11.6 Å². The summed E-state index contributed by atoms with van der Waals surface area (Å²) in [6.07, 6.45) is 0.00883. The Labute approximate surface area is 144 Å². The lowest BCUT2D eigenvalue weighted by atomic mass is 10.1. The van der Waals surface area contributed by atoms with Crippen LogP contribution in [0.3, 0.4) is 0 Å². The fourth-order valence-corrected chi connectivity index (χ4v) is 2.44. The molecule has 1 heterocycles. The van der Waals surface area contributed by atoms with Crippen molar-refractivity contribution in [3.63, 3.8) is 0 Å². The monoisotopic (exact) mass is 349 g/mol. The van der Waals surface area contributed by atoms with Gasteiger partial charge in [0.05, 0.1) is 12.7 Å². The maximum absolute atomic E-state index is 12.8. The van der Waals surface area contributed by atoms with E-state index in [1.807, 2.05) is 0 Å². The van der Waals surface area contributed by atoms with E-state index >= 15 is 0 Å². The average Bonchev–Trinajstić information content (AvgIpc) is 2.54. The van der Waals surface area contributed by atoms with Crippen LogP contribution in [0.1, 0.15) is 5.56 Å². The van der Waals surface area contributed by atoms with Gasteiger partial charge in [0.1, 0.15) is 11.6 Å². The lowest BCUT2D eigenvalue weighted by Gasteiger charge is -2.38. The highest BCUT2D eigenvalue weighted by Crippen LogP contribution is 2.17. The van der Waals surface area contributed by atoms with Crippen LogP contribution in [0.25, 0.3) is 0 Å². The van der Waals surface area contributed by atoms with E-state index in [-0.39, 0.29) is 24.4 Å². The van der Waals surface area contributed by atoms with Crippen molar-refractivity contribution in [2.75, 3.05) is 19.7 Å². The molecule has 1 amide bonds. The number of ether oxygens (including phenoxy) is 2. The second-order valence-electron chi connectivity index (χ2n) is 5.60. The van der Waals surface area contributed by atoms with Gasteiger partial charge in [-0.3, -0.25) is 4.79 Å². The molecule has 0 bridgehead atoms. The molecule has 6 heteroatoms. The molecule has 0 saturated carbocycles. The minimum Gasteiger partial charge on any atom is -0.484 e. The van der Waals surface area contributed by atoms with Gasteiger partial charge in [0.25, 0.3) is 5.91 Å². The van der Waals surface area contributed by atoms with Gasteiger partial charge in [-0.1, -0.05) is 23.7 Å². The Morgan fingerprint density at radius 2 is 1.79 bits per heavy atom. The fraction of sp³-hybridized carbons (Fsp3) is 0.278. The van der Waals surface area contributed by atoms with Crippen LogP contribution < -0.4 is 4.74 Å². The molecule has 1 aliphatic heterocycles. The maximum Gasteiger partial charge on any atom is 0.260 e. The minimum absolute atomic E-state index is 0.00762. The number of carbonyl (C=O) groups excluding carboxylic acids is 1. The third kappa shape index (κ3) is 4.46. The van der Waals surface area contributed by atoms with Gasteiger partial charge in [-0.25, -0.2) is 4.39 Å². The number of amides is 1. The van der Waals surface area contributed by atoms with Gasteiger partial charge in [0.2, 0.25) is 0 Å². The van der Waals surface area contributed by atoms with Crippen molar-refractivity contribution in [2.45, 2.75) is 12.7 Å². The Hall–Kier alpha value is -2.11. The zero-order valence-corrected chi connectivity index (χ0v) is 13.7. The van der Waals surface area contributed by atoms with Crippen molar-refractivity contribution in [2.24, 2.45) is 0 Å². The molecule has 2 aromatic carbocycles. The first-order valence-corrected chi connectivity index (χ1v) is 8.00. The molecule has 0 spiro atoms. The molecule has 1 aliphatic rings.